The van der Waals surface area contributed by atoms with Gasteiger partial charge in [0.1, 0.15) is 12.1 Å². The third kappa shape index (κ3) is 4.90. The lowest BCUT2D eigenvalue weighted by Gasteiger charge is -2.27. The van der Waals surface area contributed by atoms with Crippen LogP contribution in [-0.4, -0.2) is 36.3 Å². The maximum Gasteiger partial charge on any atom is 0.240 e. The highest BCUT2D eigenvalue weighted by Crippen LogP contribution is 2.48. The molecule has 1 saturated carbocycles. The van der Waals surface area contributed by atoms with Gasteiger partial charge < -0.3 is 16.4 Å². The molecule has 3 atom stereocenters. The molecule has 1 heterocycles. The number of amides is 3. The topological polar surface area (TPSA) is 139 Å². The zero-order valence-electron chi connectivity index (χ0n) is 13.6. The summed E-state index contributed by atoms with van der Waals surface area (Å²) >= 11 is 0. The molecule has 0 radical (unpaired) electrons. The number of rotatable bonds is 8. The Morgan fingerprint density at radius 2 is 2.09 bits per heavy atom. The molecule has 0 aromatic rings. The Balaban J connectivity index is 1.93. The minimum atomic E-state index is -0.862. The van der Waals surface area contributed by atoms with Gasteiger partial charge in [0, 0.05) is 12.5 Å². The number of hydrogen-bond donors (Lipinski definition) is 5. The molecule has 8 nitrogen and oxygen atoms in total. The molecule has 2 rings (SSSR count). The minimum absolute atomic E-state index is 0.0873. The highest BCUT2D eigenvalue weighted by atomic mass is 16.2. The Kier molecular flexibility index (Phi) is 5.59. The van der Waals surface area contributed by atoms with E-state index in [0.29, 0.717) is 19.4 Å². The highest BCUT2D eigenvalue weighted by molar-refractivity contribution is 5.89. The summed E-state index contributed by atoms with van der Waals surface area (Å²) in [6.07, 6.45) is 4.54. The SMILES string of the molecule is CC1(CC(NN)C(=O)N[C@@H](C[C@@H]2CCCNC2=O)C(N)=O)CC1. The molecule has 1 aliphatic carbocycles. The Hall–Kier alpha value is -1.67. The van der Waals surface area contributed by atoms with Crippen LogP contribution < -0.4 is 27.6 Å². The summed E-state index contributed by atoms with van der Waals surface area (Å²) in [5.41, 5.74) is 8.04. The lowest BCUT2D eigenvalue weighted by molar-refractivity contribution is -0.131. The van der Waals surface area contributed by atoms with Gasteiger partial charge >= 0.3 is 0 Å². The van der Waals surface area contributed by atoms with Crippen LogP contribution in [0.1, 0.15) is 45.4 Å². The molecule has 0 aromatic heterocycles. The summed E-state index contributed by atoms with van der Waals surface area (Å²) in [6.45, 7) is 2.75. The van der Waals surface area contributed by atoms with Crippen LogP contribution >= 0.6 is 0 Å². The quantitative estimate of drug-likeness (QED) is 0.284. The number of nitrogens with two attached hydrogens (primary N) is 2. The van der Waals surface area contributed by atoms with Crippen molar-refractivity contribution >= 4 is 17.7 Å². The molecule has 23 heavy (non-hydrogen) atoms. The standard InChI is InChI=1S/C15H27N5O3/c1-15(4-5-15)8-11(20-17)14(23)19-10(12(16)21)7-9-3-2-6-18-13(9)22/h9-11,20H,2-8,17H2,1H3,(H2,16,21)(H,18,22)(H,19,23)/t9-,10-,11?/m0/s1. The average Bonchev–Trinajstić information content (AvgIpc) is 3.23. The first kappa shape index (κ1) is 17.7. The summed E-state index contributed by atoms with van der Waals surface area (Å²) in [4.78, 5) is 35.8. The zero-order valence-corrected chi connectivity index (χ0v) is 13.6. The van der Waals surface area contributed by atoms with Gasteiger partial charge in [0.2, 0.25) is 17.7 Å². The number of piperidine rings is 1. The molecule has 3 amide bonds. The molecule has 1 saturated heterocycles. The first-order valence-electron chi connectivity index (χ1n) is 8.18. The van der Waals surface area contributed by atoms with Gasteiger partial charge in [-0.2, -0.15) is 0 Å². The molecule has 130 valence electrons. The van der Waals surface area contributed by atoms with Crippen molar-refractivity contribution in [3.63, 3.8) is 0 Å². The Morgan fingerprint density at radius 1 is 1.39 bits per heavy atom. The van der Waals surface area contributed by atoms with Crippen LogP contribution in [0.3, 0.4) is 0 Å². The molecule has 8 heteroatoms. The highest BCUT2D eigenvalue weighted by Gasteiger charge is 2.41. The summed E-state index contributed by atoms with van der Waals surface area (Å²) in [6, 6.07) is -1.43. The minimum Gasteiger partial charge on any atom is -0.368 e. The second-order valence-electron chi connectivity index (χ2n) is 7.06. The number of primary amides is 1. The number of carbonyl (C=O) groups is 3. The molecule has 1 aliphatic heterocycles. The van der Waals surface area contributed by atoms with Gasteiger partial charge in [-0.1, -0.05) is 6.92 Å². The summed E-state index contributed by atoms with van der Waals surface area (Å²) in [7, 11) is 0. The first-order valence-corrected chi connectivity index (χ1v) is 8.18. The van der Waals surface area contributed by atoms with Crippen LogP contribution in [0, 0.1) is 11.3 Å². The van der Waals surface area contributed by atoms with Crippen molar-refractivity contribution < 1.29 is 14.4 Å². The van der Waals surface area contributed by atoms with Crippen LogP contribution in [0.4, 0.5) is 0 Å². The van der Waals surface area contributed by atoms with Gasteiger partial charge in [-0.25, -0.2) is 5.43 Å². The van der Waals surface area contributed by atoms with Crippen molar-refractivity contribution in [1.29, 1.82) is 0 Å². The predicted molar refractivity (Wildman–Crippen MR) is 84.5 cm³/mol. The van der Waals surface area contributed by atoms with E-state index in [-0.39, 0.29) is 29.6 Å². The molecule has 0 spiro atoms. The van der Waals surface area contributed by atoms with E-state index in [1.807, 2.05) is 0 Å². The van der Waals surface area contributed by atoms with E-state index in [2.05, 4.69) is 23.0 Å². The Labute approximate surface area is 136 Å². The van der Waals surface area contributed by atoms with E-state index in [4.69, 9.17) is 11.6 Å². The van der Waals surface area contributed by atoms with Crippen molar-refractivity contribution in [2.45, 2.75) is 57.5 Å². The maximum atomic E-state index is 12.4. The Morgan fingerprint density at radius 3 is 2.61 bits per heavy atom. The number of nitrogens with one attached hydrogen (secondary N) is 3. The predicted octanol–water partition coefficient (Wildman–Crippen LogP) is -1.11. The largest absolute Gasteiger partial charge is 0.368 e. The van der Waals surface area contributed by atoms with Crippen molar-refractivity contribution in [3.8, 4) is 0 Å². The molecule has 0 aromatic carbocycles. The van der Waals surface area contributed by atoms with E-state index >= 15 is 0 Å². The number of carbonyl (C=O) groups excluding carboxylic acids is 3. The number of hydrogen-bond acceptors (Lipinski definition) is 5. The van der Waals surface area contributed by atoms with E-state index < -0.39 is 18.0 Å². The van der Waals surface area contributed by atoms with Gasteiger partial charge in [-0.15, -0.1) is 0 Å². The lowest BCUT2D eigenvalue weighted by atomic mass is 9.91. The van der Waals surface area contributed by atoms with Crippen LogP contribution in [0.15, 0.2) is 0 Å². The molecule has 1 unspecified atom stereocenters. The Bertz CT molecular complexity index is 478. The normalized spacial score (nSPS) is 25.1. The van der Waals surface area contributed by atoms with Crippen molar-refractivity contribution in [3.05, 3.63) is 0 Å². The molecular formula is C15H27N5O3. The van der Waals surface area contributed by atoms with Crippen molar-refractivity contribution in [1.82, 2.24) is 16.1 Å². The smallest absolute Gasteiger partial charge is 0.240 e. The van der Waals surface area contributed by atoms with Crippen LogP contribution in [-0.2, 0) is 14.4 Å². The molecule has 2 fully saturated rings. The number of hydrazine groups is 1. The zero-order chi connectivity index (χ0) is 17.0. The van der Waals surface area contributed by atoms with E-state index in [9.17, 15) is 14.4 Å². The van der Waals surface area contributed by atoms with E-state index in [1.165, 1.54) is 0 Å². The van der Waals surface area contributed by atoms with Crippen LogP contribution in [0.2, 0.25) is 0 Å². The molecule has 7 N–H and O–H groups in total. The van der Waals surface area contributed by atoms with Gasteiger partial charge in [-0.05, 0) is 43.9 Å². The second-order valence-corrected chi connectivity index (χ2v) is 7.06. The van der Waals surface area contributed by atoms with Gasteiger partial charge in [0.25, 0.3) is 0 Å². The lowest BCUT2D eigenvalue weighted by Crippen LogP contribution is -2.55. The first-order chi connectivity index (χ1) is 10.8. The van der Waals surface area contributed by atoms with Crippen molar-refractivity contribution in [2.24, 2.45) is 22.9 Å². The summed E-state index contributed by atoms with van der Waals surface area (Å²) in [5.74, 6) is 4.11. The van der Waals surface area contributed by atoms with E-state index in [1.54, 1.807) is 0 Å². The van der Waals surface area contributed by atoms with Crippen LogP contribution in [0.25, 0.3) is 0 Å². The third-order valence-electron chi connectivity index (χ3n) is 4.90. The molecule has 2 aliphatic rings. The van der Waals surface area contributed by atoms with Gasteiger partial charge in [-0.3, -0.25) is 20.2 Å². The fraction of sp³-hybridized carbons (Fsp3) is 0.800. The average molecular weight is 325 g/mol. The second kappa shape index (κ2) is 7.27. The maximum absolute atomic E-state index is 12.4. The fourth-order valence-electron chi connectivity index (χ4n) is 3.00. The summed E-state index contributed by atoms with van der Waals surface area (Å²) in [5, 5.41) is 5.42. The van der Waals surface area contributed by atoms with Gasteiger partial charge in [0.05, 0.1) is 0 Å². The molecular weight excluding hydrogens is 298 g/mol. The fourth-order valence-corrected chi connectivity index (χ4v) is 3.00. The monoisotopic (exact) mass is 325 g/mol. The van der Waals surface area contributed by atoms with Gasteiger partial charge in [0.15, 0.2) is 0 Å². The van der Waals surface area contributed by atoms with Crippen LogP contribution in [0.5, 0.6) is 0 Å². The summed E-state index contributed by atoms with van der Waals surface area (Å²) < 4.78 is 0. The molecule has 0 bridgehead atoms. The van der Waals surface area contributed by atoms with Crippen molar-refractivity contribution in [2.75, 3.05) is 6.54 Å². The van der Waals surface area contributed by atoms with E-state index in [0.717, 1.165) is 19.3 Å². The third-order valence-corrected chi connectivity index (χ3v) is 4.90.